The number of anilines is 1. The Hall–Kier alpha value is -2.97. The molecule has 1 aliphatic rings. The molecule has 1 amide bonds. The van der Waals surface area contributed by atoms with E-state index in [0.717, 1.165) is 10.5 Å². The standard InChI is InChI=1S/C20H13N3O3S2/c1-27-12-8-6-11(7-9-12)16-15-17(24)13-4-2-3-5-14(13)26-18(15)19(25)23(16)20-22-21-10-28-20/h2-10,16H,1H3/t16-/m0/s1. The summed E-state index contributed by atoms with van der Waals surface area (Å²) in [6, 6.07) is 14.2. The SMILES string of the molecule is CSc1ccc([C@H]2c3c(oc4ccccc4c3=O)C(=O)N2c2nncs2)cc1. The number of amides is 1. The van der Waals surface area contributed by atoms with Gasteiger partial charge in [-0.3, -0.25) is 14.5 Å². The summed E-state index contributed by atoms with van der Waals surface area (Å²) in [4.78, 5) is 29.1. The first-order valence-electron chi connectivity index (χ1n) is 8.48. The van der Waals surface area contributed by atoms with E-state index in [1.165, 1.54) is 16.2 Å². The smallest absolute Gasteiger partial charge is 0.297 e. The Kier molecular flexibility index (Phi) is 4.03. The summed E-state index contributed by atoms with van der Waals surface area (Å²) in [6.45, 7) is 0. The van der Waals surface area contributed by atoms with Gasteiger partial charge in [-0.1, -0.05) is 35.6 Å². The zero-order chi connectivity index (χ0) is 19.3. The monoisotopic (exact) mass is 407 g/mol. The highest BCUT2D eigenvalue weighted by Gasteiger charge is 2.44. The van der Waals surface area contributed by atoms with Gasteiger partial charge in [-0.15, -0.1) is 22.0 Å². The second kappa shape index (κ2) is 6.57. The lowest BCUT2D eigenvalue weighted by Crippen LogP contribution is -2.29. The fraction of sp³-hybridized carbons (Fsp3) is 0.100. The number of benzene rings is 2. The van der Waals surface area contributed by atoms with Gasteiger partial charge in [0.15, 0.2) is 5.43 Å². The van der Waals surface area contributed by atoms with Crippen LogP contribution < -0.4 is 10.3 Å². The first-order chi connectivity index (χ1) is 13.7. The average molecular weight is 407 g/mol. The summed E-state index contributed by atoms with van der Waals surface area (Å²) in [6.07, 6.45) is 2.00. The molecule has 4 aromatic rings. The van der Waals surface area contributed by atoms with E-state index in [0.29, 0.717) is 21.7 Å². The maximum Gasteiger partial charge on any atom is 0.297 e. The van der Waals surface area contributed by atoms with Gasteiger partial charge in [0, 0.05) is 4.90 Å². The molecule has 0 saturated carbocycles. The molecule has 0 bridgehead atoms. The normalized spacial score (nSPS) is 16.0. The Bertz CT molecular complexity index is 1250. The molecule has 8 heteroatoms. The summed E-state index contributed by atoms with van der Waals surface area (Å²) >= 11 is 2.87. The van der Waals surface area contributed by atoms with Crippen LogP contribution in [0.15, 0.2) is 68.1 Å². The molecule has 0 saturated heterocycles. The molecular weight excluding hydrogens is 394 g/mol. The maximum absolute atomic E-state index is 13.3. The van der Waals surface area contributed by atoms with Crippen LogP contribution in [-0.2, 0) is 0 Å². The zero-order valence-electron chi connectivity index (χ0n) is 14.7. The number of thioether (sulfide) groups is 1. The van der Waals surface area contributed by atoms with E-state index >= 15 is 0 Å². The Morgan fingerprint density at radius 3 is 2.61 bits per heavy atom. The van der Waals surface area contributed by atoms with Gasteiger partial charge < -0.3 is 4.42 Å². The summed E-state index contributed by atoms with van der Waals surface area (Å²) in [7, 11) is 0. The minimum absolute atomic E-state index is 0.0674. The summed E-state index contributed by atoms with van der Waals surface area (Å²) in [5.74, 6) is -0.314. The first-order valence-corrected chi connectivity index (χ1v) is 10.6. The summed E-state index contributed by atoms with van der Waals surface area (Å²) < 4.78 is 5.88. The fourth-order valence-electron chi connectivity index (χ4n) is 3.49. The number of hydrogen-bond donors (Lipinski definition) is 0. The van der Waals surface area contributed by atoms with Crippen molar-refractivity contribution in [2.45, 2.75) is 10.9 Å². The molecule has 0 unspecified atom stereocenters. The second-order valence-electron chi connectivity index (χ2n) is 6.24. The quantitative estimate of drug-likeness (QED) is 0.476. The Balaban J connectivity index is 1.80. The van der Waals surface area contributed by atoms with Crippen LogP contribution in [-0.4, -0.2) is 22.4 Å². The molecule has 3 heterocycles. The predicted octanol–water partition coefficient (Wildman–Crippen LogP) is 4.12. The third kappa shape index (κ3) is 2.49. The summed E-state index contributed by atoms with van der Waals surface area (Å²) in [5, 5.41) is 8.81. The number of para-hydroxylation sites is 1. The van der Waals surface area contributed by atoms with Crippen molar-refractivity contribution >= 4 is 45.1 Å². The molecule has 0 N–H and O–H groups in total. The molecule has 0 spiro atoms. The minimum Gasteiger partial charge on any atom is -0.450 e. The Morgan fingerprint density at radius 1 is 1.11 bits per heavy atom. The number of hydrogen-bond acceptors (Lipinski definition) is 7. The van der Waals surface area contributed by atoms with E-state index in [1.807, 2.05) is 30.5 Å². The highest BCUT2D eigenvalue weighted by molar-refractivity contribution is 7.98. The molecule has 28 heavy (non-hydrogen) atoms. The van der Waals surface area contributed by atoms with Crippen LogP contribution in [0.3, 0.4) is 0 Å². The molecule has 0 radical (unpaired) electrons. The van der Waals surface area contributed by atoms with Crippen LogP contribution in [0.4, 0.5) is 5.13 Å². The minimum atomic E-state index is -0.604. The van der Waals surface area contributed by atoms with Crippen LogP contribution in [0, 0.1) is 0 Å². The van der Waals surface area contributed by atoms with E-state index in [9.17, 15) is 9.59 Å². The maximum atomic E-state index is 13.3. The van der Waals surface area contributed by atoms with E-state index in [4.69, 9.17) is 4.42 Å². The van der Waals surface area contributed by atoms with Crippen molar-refractivity contribution < 1.29 is 9.21 Å². The highest BCUT2D eigenvalue weighted by atomic mass is 32.2. The summed E-state index contributed by atoms with van der Waals surface area (Å²) in [5.41, 5.74) is 2.93. The van der Waals surface area contributed by atoms with E-state index in [1.54, 1.807) is 41.5 Å². The molecule has 2 aromatic carbocycles. The lowest BCUT2D eigenvalue weighted by molar-refractivity contribution is 0.0970. The van der Waals surface area contributed by atoms with Crippen molar-refractivity contribution in [2.75, 3.05) is 11.2 Å². The van der Waals surface area contributed by atoms with Crippen molar-refractivity contribution in [3.8, 4) is 0 Å². The largest absolute Gasteiger partial charge is 0.450 e. The van der Waals surface area contributed by atoms with Gasteiger partial charge in [0.05, 0.1) is 17.0 Å². The van der Waals surface area contributed by atoms with E-state index in [2.05, 4.69) is 10.2 Å². The molecule has 0 fully saturated rings. The first kappa shape index (κ1) is 17.2. The molecule has 1 atom stereocenters. The van der Waals surface area contributed by atoms with Crippen LogP contribution in [0.5, 0.6) is 0 Å². The number of carbonyl (C=O) groups is 1. The van der Waals surface area contributed by atoms with E-state index < -0.39 is 6.04 Å². The number of carbonyl (C=O) groups excluding carboxylic acids is 1. The topological polar surface area (TPSA) is 76.3 Å². The van der Waals surface area contributed by atoms with Crippen molar-refractivity contribution in [3.63, 3.8) is 0 Å². The molecule has 5 rings (SSSR count). The van der Waals surface area contributed by atoms with Gasteiger partial charge in [-0.25, -0.2) is 0 Å². The lowest BCUT2D eigenvalue weighted by atomic mass is 9.99. The van der Waals surface area contributed by atoms with Gasteiger partial charge in [0.1, 0.15) is 11.1 Å². The van der Waals surface area contributed by atoms with Crippen molar-refractivity contribution in [2.24, 2.45) is 0 Å². The number of fused-ring (bicyclic) bond motifs is 2. The third-order valence-electron chi connectivity index (χ3n) is 4.76. The Morgan fingerprint density at radius 2 is 1.89 bits per heavy atom. The van der Waals surface area contributed by atoms with Crippen LogP contribution in [0.2, 0.25) is 0 Å². The lowest BCUT2D eigenvalue weighted by Gasteiger charge is -2.22. The van der Waals surface area contributed by atoms with Crippen LogP contribution >= 0.6 is 23.1 Å². The van der Waals surface area contributed by atoms with Crippen LogP contribution in [0.25, 0.3) is 11.0 Å². The van der Waals surface area contributed by atoms with Crippen LogP contribution in [0.1, 0.15) is 27.7 Å². The van der Waals surface area contributed by atoms with Crippen molar-refractivity contribution in [1.82, 2.24) is 10.2 Å². The predicted molar refractivity (Wildman–Crippen MR) is 109 cm³/mol. The fourth-order valence-corrected chi connectivity index (χ4v) is 4.48. The second-order valence-corrected chi connectivity index (χ2v) is 7.93. The van der Waals surface area contributed by atoms with Gasteiger partial charge in [-0.05, 0) is 36.1 Å². The van der Waals surface area contributed by atoms with Gasteiger partial charge in [0.2, 0.25) is 10.9 Å². The molecule has 0 aliphatic carbocycles. The van der Waals surface area contributed by atoms with Crippen molar-refractivity contribution in [3.05, 3.63) is 81.2 Å². The average Bonchev–Trinajstić information content (AvgIpc) is 3.35. The van der Waals surface area contributed by atoms with E-state index in [-0.39, 0.29) is 17.1 Å². The number of aromatic nitrogens is 2. The van der Waals surface area contributed by atoms with Crippen molar-refractivity contribution in [1.29, 1.82) is 0 Å². The van der Waals surface area contributed by atoms with Gasteiger partial charge >= 0.3 is 0 Å². The van der Waals surface area contributed by atoms with Gasteiger partial charge in [-0.2, -0.15) is 0 Å². The Labute approximate surface area is 167 Å². The third-order valence-corrected chi connectivity index (χ3v) is 6.20. The number of nitrogens with zero attached hydrogens (tertiary/aromatic N) is 3. The molecule has 1 aliphatic heterocycles. The zero-order valence-corrected chi connectivity index (χ0v) is 16.3. The molecule has 2 aromatic heterocycles. The highest BCUT2D eigenvalue weighted by Crippen LogP contribution is 2.41. The number of rotatable bonds is 3. The molecule has 6 nitrogen and oxygen atoms in total. The van der Waals surface area contributed by atoms with Gasteiger partial charge in [0.25, 0.3) is 5.91 Å². The molecule has 138 valence electrons. The molecular formula is C20H13N3O3S2.